The van der Waals surface area contributed by atoms with Gasteiger partial charge in [0, 0.05) is 5.02 Å². The van der Waals surface area contributed by atoms with Gasteiger partial charge in [0.25, 0.3) is 5.91 Å². The van der Waals surface area contributed by atoms with Gasteiger partial charge < -0.3 is 0 Å². The first-order valence-corrected chi connectivity index (χ1v) is 7.10. The van der Waals surface area contributed by atoms with E-state index in [2.05, 4.69) is 5.48 Å². The van der Waals surface area contributed by atoms with Crippen LogP contribution in [0.3, 0.4) is 0 Å². The Balaban J connectivity index is 1.91. The van der Waals surface area contributed by atoms with Crippen LogP contribution in [0.1, 0.15) is 25.0 Å². The molecule has 4 heteroatoms. The molecule has 0 heterocycles. The number of benzene rings is 2. The van der Waals surface area contributed by atoms with Gasteiger partial charge in [-0.2, -0.15) is 0 Å². The zero-order valence-electron chi connectivity index (χ0n) is 12.1. The number of carbonyl (C=O) groups is 1. The molecule has 0 radical (unpaired) electrons. The van der Waals surface area contributed by atoms with Crippen molar-refractivity contribution in [3.05, 3.63) is 70.7 Å². The standard InChI is InChI=1S/C17H18ClNO2/c1-17(2,14-6-4-3-5-7-14)16(20)19-21-12-13-8-10-15(18)11-9-13/h3-11H,12H2,1-2H3,(H,19,20). The summed E-state index contributed by atoms with van der Waals surface area (Å²) in [6, 6.07) is 16.9. The van der Waals surface area contributed by atoms with Crippen LogP contribution in [0.2, 0.25) is 5.02 Å². The number of hydrogen-bond donors (Lipinski definition) is 1. The minimum atomic E-state index is -0.652. The van der Waals surface area contributed by atoms with E-state index in [0.717, 1.165) is 11.1 Å². The van der Waals surface area contributed by atoms with Crippen LogP contribution in [0.4, 0.5) is 0 Å². The SMILES string of the molecule is CC(C)(C(=O)NOCc1ccc(Cl)cc1)c1ccccc1. The summed E-state index contributed by atoms with van der Waals surface area (Å²) in [6.45, 7) is 4.03. The lowest BCUT2D eigenvalue weighted by molar-refractivity contribution is -0.139. The van der Waals surface area contributed by atoms with Crippen molar-refractivity contribution in [2.24, 2.45) is 0 Å². The summed E-state index contributed by atoms with van der Waals surface area (Å²) in [4.78, 5) is 17.5. The maximum absolute atomic E-state index is 12.3. The molecule has 0 saturated heterocycles. The number of amides is 1. The van der Waals surface area contributed by atoms with E-state index in [4.69, 9.17) is 16.4 Å². The maximum Gasteiger partial charge on any atom is 0.253 e. The van der Waals surface area contributed by atoms with Crippen molar-refractivity contribution in [3.63, 3.8) is 0 Å². The first-order chi connectivity index (χ1) is 10.00. The van der Waals surface area contributed by atoms with Gasteiger partial charge >= 0.3 is 0 Å². The fourth-order valence-electron chi connectivity index (χ4n) is 1.88. The molecule has 0 bridgehead atoms. The van der Waals surface area contributed by atoms with E-state index in [9.17, 15) is 4.79 Å². The summed E-state index contributed by atoms with van der Waals surface area (Å²) in [5.41, 5.74) is 3.75. The molecule has 0 aliphatic carbocycles. The molecule has 0 aliphatic heterocycles. The molecule has 0 atom stereocenters. The van der Waals surface area contributed by atoms with Crippen LogP contribution in [0.5, 0.6) is 0 Å². The van der Waals surface area contributed by atoms with E-state index in [1.807, 2.05) is 56.3 Å². The van der Waals surface area contributed by atoms with Gasteiger partial charge in [0.15, 0.2) is 0 Å². The van der Waals surface area contributed by atoms with Gasteiger partial charge in [-0.1, -0.05) is 54.1 Å². The summed E-state index contributed by atoms with van der Waals surface area (Å²) >= 11 is 5.81. The molecule has 21 heavy (non-hydrogen) atoms. The molecule has 0 saturated carbocycles. The quantitative estimate of drug-likeness (QED) is 0.852. The molecule has 0 unspecified atom stereocenters. The fraction of sp³-hybridized carbons (Fsp3) is 0.235. The number of hydrogen-bond acceptors (Lipinski definition) is 2. The number of rotatable bonds is 5. The Bertz CT molecular complexity index is 594. The molecule has 2 aromatic rings. The summed E-state index contributed by atoms with van der Waals surface area (Å²) in [7, 11) is 0. The average molecular weight is 304 g/mol. The van der Waals surface area contributed by atoms with Crippen molar-refractivity contribution in [1.82, 2.24) is 5.48 Å². The first kappa shape index (κ1) is 15.5. The van der Waals surface area contributed by atoms with Crippen molar-refractivity contribution in [3.8, 4) is 0 Å². The molecule has 0 aromatic heterocycles. The van der Waals surface area contributed by atoms with E-state index >= 15 is 0 Å². The second-order valence-electron chi connectivity index (χ2n) is 5.34. The smallest absolute Gasteiger partial charge is 0.253 e. The molecule has 1 N–H and O–H groups in total. The number of carbonyl (C=O) groups excluding carboxylic acids is 1. The summed E-state index contributed by atoms with van der Waals surface area (Å²) < 4.78 is 0. The molecule has 0 fully saturated rings. The molecule has 3 nitrogen and oxygen atoms in total. The second kappa shape index (κ2) is 6.74. The second-order valence-corrected chi connectivity index (χ2v) is 5.77. The van der Waals surface area contributed by atoms with Gasteiger partial charge in [-0.05, 0) is 37.1 Å². The van der Waals surface area contributed by atoms with Crippen LogP contribution in [0.15, 0.2) is 54.6 Å². The third kappa shape index (κ3) is 4.06. The van der Waals surface area contributed by atoms with Crippen LogP contribution >= 0.6 is 11.6 Å². The van der Waals surface area contributed by atoms with Crippen LogP contribution in [-0.2, 0) is 21.7 Å². The highest BCUT2D eigenvalue weighted by Gasteiger charge is 2.29. The van der Waals surface area contributed by atoms with E-state index in [1.54, 1.807) is 12.1 Å². The summed E-state index contributed by atoms with van der Waals surface area (Å²) in [6.07, 6.45) is 0. The zero-order chi connectivity index (χ0) is 15.3. The van der Waals surface area contributed by atoms with Crippen molar-refractivity contribution in [1.29, 1.82) is 0 Å². The van der Waals surface area contributed by atoms with Crippen LogP contribution in [-0.4, -0.2) is 5.91 Å². The highest BCUT2D eigenvalue weighted by molar-refractivity contribution is 6.30. The molecular formula is C17H18ClNO2. The van der Waals surface area contributed by atoms with Gasteiger partial charge in [-0.3, -0.25) is 9.63 Å². The lowest BCUT2D eigenvalue weighted by Gasteiger charge is -2.23. The van der Waals surface area contributed by atoms with Gasteiger partial charge in [0.05, 0.1) is 12.0 Å². The summed E-state index contributed by atoms with van der Waals surface area (Å²) in [5, 5.41) is 0.674. The predicted octanol–water partition coefficient (Wildman–Crippen LogP) is 3.87. The van der Waals surface area contributed by atoms with Crippen LogP contribution in [0, 0.1) is 0 Å². The molecule has 110 valence electrons. The minimum Gasteiger partial charge on any atom is -0.272 e. The molecule has 0 spiro atoms. The normalized spacial score (nSPS) is 11.2. The van der Waals surface area contributed by atoms with Crippen molar-refractivity contribution in [2.45, 2.75) is 25.9 Å². The molecule has 0 aliphatic rings. The summed E-state index contributed by atoms with van der Waals surface area (Å²) in [5.74, 6) is -0.178. The monoisotopic (exact) mass is 303 g/mol. The maximum atomic E-state index is 12.3. The Morgan fingerprint density at radius 2 is 1.71 bits per heavy atom. The van der Waals surface area contributed by atoms with E-state index in [0.29, 0.717) is 11.6 Å². The van der Waals surface area contributed by atoms with Crippen LogP contribution < -0.4 is 5.48 Å². The lowest BCUT2D eigenvalue weighted by atomic mass is 9.84. The predicted molar refractivity (Wildman–Crippen MR) is 83.9 cm³/mol. The van der Waals surface area contributed by atoms with Crippen molar-refractivity contribution in [2.75, 3.05) is 0 Å². The van der Waals surface area contributed by atoms with Gasteiger partial charge in [-0.25, -0.2) is 5.48 Å². The Kier molecular flexibility index (Phi) is 4.99. The zero-order valence-corrected chi connectivity index (χ0v) is 12.9. The molecule has 2 aromatic carbocycles. The molecular weight excluding hydrogens is 286 g/mol. The third-order valence-corrected chi connectivity index (χ3v) is 3.63. The van der Waals surface area contributed by atoms with Crippen molar-refractivity contribution >= 4 is 17.5 Å². The Morgan fingerprint density at radius 1 is 1.10 bits per heavy atom. The Labute approximate surface area is 129 Å². The lowest BCUT2D eigenvalue weighted by Crippen LogP contribution is -2.39. The van der Waals surface area contributed by atoms with Gasteiger partial charge in [0.1, 0.15) is 0 Å². The van der Waals surface area contributed by atoms with E-state index < -0.39 is 5.41 Å². The van der Waals surface area contributed by atoms with E-state index in [1.165, 1.54) is 0 Å². The topological polar surface area (TPSA) is 38.3 Å². The fourth-order valence-corrected chi connectivity index (χ4v) is 2.01. The Hall–Kier alpha value is -1.84. The molecule has 2 rings (SSSR count). The average Bonchev–Trinajstić information content (AvgIpc) is 2.50. The van der Waals surface area contributed by atoms with E-state index in [-0.39, 0.29) is 5.91 Å². The number of hydroxylamine groups is 1. The highest BCUT2D eigenvalue weighted by Crippen LogP contribution is 2.22. The third-order valence-electron chi connectivity index (χ3n) is 3.38. The van der Waals surface area contributed by atoms with Gasteiger partial charge in [0.2, 0.25) is 0 Å². The van der Waals surface area contributed by atoms with Crippen LogP contribution in [0.25, 0.3) is 0 Å². The largest absolute Gasteiger partial charge is 0.272 e. The minimum absolute atomic E-state index is 0.178. The Morgan fingerprint density at radius 3 is 2.33 bits per heavy atom. The van der Waals surface area contributed by atoms with Gasteiger partial charge in [-0.15, -0.1) is 0 Å². The number of nitrogens with one attached hydrogen (secondary N) is 1. The first-order valence-electron chi connectivity index (χ1n) is 6.72. The highest BCUT2D eigenvalue weighted by atomic mass is 35.5. The number of halogens is 1. The molecule has 1 amide bonds. The van der Waals surface area contributed by atoms with Crippen molar-refractivity contribution < 1.29 is 9.63 Å².